The third kappa shape index (κ3) is 3.27. The van der Waals surface area contributed by atoms with E-state index >= 15 is 0 Å². The molecule has 2 aliphatic heterocycles. The summed E-state index contributed by atoms with van der Waals surface area (Å²) in [5, 5.41) is 0. The van der Waals surface area contributed by atoms with Crippen LogP contribution in [0.4, 0.5) is 0 Å². The van der Waals surface area contributed by atoms with E-state index in [0.29, 0.717) is 31.0 Å². The Labute approximate surface area is 147 Å². The summed E-state index contributed by atoms with van der Waals surface area (Å²) in [6.07, 6.45) is 2.32. The molecule has 1 aromatic heterocycles. The maximum Gasteiger partial charge on any atom is 0.259 e. The normalized spacial score (nSPS) is 19.4. The first-order valence-corrected chi connectivity index (χ1v) is 8.68. The Morgan fingerprint density at radius 2 is 1.96 bits per heavy atom. The summed E-state index contributed by atoms with van der Waals surface area (Å²) in [6, 6.07) is 3.35. The number of carbonyl (C=O) groups is 2. The first kappa shape index (κ1) is 17.5. The van der Waals surface area contributed by atoms with Gasteiger partial charge in [-0.25, -0.2) is 0 Å². The number of carbonyl (C=O) groups excluding carboxylic acids is 2. The molecule has 2 amide bonds. The molecule has 0 aliphatic carbocycles. The summed E-state index contributed by atoms with van der Waals surface area (Å²) >= 11 is 0. The van der Waals surface area contributed by atoms with E-state index in [1.54, 1.807) is 12.1 Å². The maximum atomic E-state index is 12.9. The van der Waals surface area contributed by atoms with Gasteiger partial charge in [-0.1, -0.05) is 0 Å². The smallest absolute Gasteiger partial charge is 0.259 e. The van der Waals surface area contributed by atoms with Crippen LogP contribution in [0, 0.1) is 5.41 Å². The van der Waals surface area contributed by atoms with Gasteiger partial charge in [0, 0.05) is 44.1 Å². The Hall–Kier alpha value is -2.31. The van der Waals surface area contributed by atoms with Crippen molar-refractivity contribution in [1.29, 1.82) is 0 Å². The van der Waals surface area contributed by atoms with Crippen LogP contribution in [0.5, 0.6) is 11.8 Å². The number of aromatic nitrogens is 1. The van der Waals surface area contributed by atoms with Crippen LogP contribution in [0.1, 0.15) is 36.5 Å². The number of hydrogen-bond donors (Lipinski definition) is 0. The molecular weight excluding hydrogens is 322 g/mol. The molecule has 0 radical (unpaired) electrons. The van der Waals surface area contributed by atoms with E-state index in [9.17, 15) is 9.59 Å². The van der Waals surface area contributed by atoms with Crippen LogP contribution in [-0.4, -0.2) is 67.0 Å². The van der Waals surface area contributed by atoms with Gasteiger partial charge in [-0.15, -0.1) is 0 Å². The Kier molecular flexibility index (Phi) is 4.83. The molecular formula is C18H25N3O4. The molecule has 2 fully saturated rings. The van der Waals surface area contributed by atoms with E-state index in [4.69, 9.17) is 9.47 Å². The molecule has 3 rings (SSSR count). The fourth-order valence-electron chi connectivity index (χ4n) is 3.81. The van der Waals surface area contributed by atoms with E-state index in [0.717, 1.165) is 25.9 Å². The molecule has 0 unspecified atom stereocenters. The number of methoxy groups -OCH3 is 2. The Morgan fingerprint density at radius 1 is 1.24 bits per heavy atom. The number of ether oxygens (including phenoxy) is 2. The maximum absolute atomic E-state index is 12.9. The second-order valence-corrected chi connectivity index (χ2v) is 6.79. The molecule has 0 atom stereocenters. The summed E-state index contributed by atoms with van der Waals surface area (Å²) in [5.74, 6) is 0.842. The van der Waals surface area contributed by atoms with Crippen LogP contribution in [0.15, 0.2) is 12.1 Å². The Morgan fingerprint density at radius 3 is 2.52 bits per heavy atom. The molecule has 0 N–H and O–H groups in total. The van der Waals surface area contributed by atoms with Gasteiger partial charge >= 0.3 is 0 Å². The van der Waals surface area contributed by atoms with Crippen molar-refractivity contribution in [3.63, 3.8) is 0 Å². The molecule has 136 valence electrons. The van der Waals surface area contributed by atoms with Crippen LogP contribution in [0.25, 0.3) is 0 Å². The average molecular weight is 347 g/mol. The zero-order chi connectivity index (χ0) is 18.0. The predicted molar refractivity (Wildman–Crippen MR) is 91.8 cm³/mol. The molecule has 1 spiro atoms. The molecule has 2 saturated heterocycles. The van der Waals surface area contributed by atoms with Crippen molar-refractivity contribution in [2.75, 3.05) is 40.4 Å². The first-order valence-electron chi connectivity index (χ1n) is 8.68. The lowest BCUT2D eigenvalue weighted by Crippen LogP contribution is -2.44. The van der Waals surface area contributed by atoms with E-state index in [1.165, 1.54) is 14.2 Å². The quantitative estimate of drug-likeness (QED) is 0.827. The SMILES string of the molecule is CCN1CC2(CCN(C(=O)c3ccc(OC)nc3OC)CC2)CC1=O. The minimum Gasteiger partial charge on any atom is -0.481 e. The fourth-order valence-corrected chi connectivity index (χ4v) is 3.81. The summed E-state index contributed by atoms with van der Waals surface area (Å²) in [6.45, 7) is 4.89. The lowest BCUT2D eigenvalue weighted by Gasteiger charge is -2.38. The zero-order valence-corrected chi connectivity index (χ0v) is 15.1. The topological polar surface area (TPSA) is 72.0 Å². The highest BCUT2D eigenvalue weighted by molar-refractivity contribution is 5.96. The van der Waals surface area contributed by atoms with Crippen molar-refractivity contribution in [3.05, 3.63) is 17.7 Å². The van der Waals surface area contributed by atoms with E-state index < -0.39 is 0 Å². The van der Waals surface area contributed by atoms with E-state index in [1.807, 2.05) is 16.7 Å². The Balaban J connectivity index is 1.69. The van der Waals surface area contributed by atoms with Gasteiger partial charge in [0.2, 0.25) is 17.7 Å². The molecule has 0 aromatic carbocycles. The number of pyridine rings is 1. The lowest BCUT2D eigenvalue weighted by molar-refractivity contribution is -0.127. The second-order valence-electron chi connectivity index (χ2n) is 6.79. The van der Waals surface area contributed by atoms with Crippen molar-refractivity contribution in [2.24, 2.45) is 5.41 Å². The number of likely N-dealkylation sites (tertiary alicyclic amines) is 2. The van der Waals surface area contributed by atoms with E-state index in [2.05, 4.69) is 4.98 Å². The largest absolute Gasteiger partial charge is 0.481 e. The molecule has 3 heterocycles. The molecule has 1 aromatic rings. The third-order valence-electron chi connectivity index (χ3n) is 5.37. The van der Waals surface area contributed by atoms with Crippen LogP contribution in [0.3, 0.4) is 0 Å². The van der Waals surface area contributed by atoms with Crippen LogP contribution >= 0.6 is 0 Å². The minimum absolute atomic E-state index is 0.0338. The van der Waals surface area contributed by atoms with Gasteiger partial charge in [-0.2, -0.15) is 4.98 Å². The summed E-state index contributed by atoms with van der Waals surface area (Å²) < 4.78 is 10.3. The number of amides is 2. The molecule has 7 nitrogen and oxygen atoms in total. The second kappa shape index (κ2) is 6.90. The summed E-state index contributed by atoms with van der Waals surface area (Å²) in [7, 11) is 3.02. The van der Waals surface area contributed by atoms with Gasteiger partial charge in [0.25, 0.3) is 5.91 Å². The molecule has 7 heteroatoms. The van der Waals surface area contributed by atoms with E-state index in [-0.39, 0.29) is 23.1 Å². The highest BCUT2D eigenvalue weighted by atomic mass is 16.5. The molecule has 25 heavy (non-hydrogen) atoms. The van der Waals surface area contributed by atoms with Gasteiger partial charge in [0.05, 0.1) is 14.2 Å². The number of hydrogen-bond acceptors (Lipinski definition) is 5. The number of nitrogens with zero attached hydrogens (tertiary/aromatic N) is 3. The van der Waals surface area contributed by atoms with Crippen LogP contribution < -0.4 is 9.47 Å². The summed E-state index contributed by atoms with van der Waals surface area (Å²) in [4.78, 5) is 32.9. The van der Waals surface area contributed by atoms with Crippen molar-refractivity contribution in [2.45, 2.75) is 26.2 Å². The predicted octanol–water partition coefficient (Wildman–Crippen LogP) is 1.57. The zero-order valence-electron chi connectivity index (χ0n) is 15.1. The van der Waals surface area contributed by atoms with Crippen molar-refractivity contribution >= 4 is 11.8 Å². The van der Waals surface area contributed by atoms with Crippen molar-refractivity contribution in [3.8, 4) is 11.8 Å². The standard InChI is InChI=1S/C18H25N3O4/c1-4-20-12-18(11-15(20)22)7-9-21(10-8-18)17(23)13-5-6-14(24-2)19-16(13)25-3/h5-6H,4,7-12H2,1-3H3. The van der Waals surface area contributed by atoms with Crippen molar-refractivity contribution in [1.82, 2.24) is 14.8 Å². The molecule has 2 aliphatic rings. The Bertz CT molecular complexity index is 668. The monoisotopic (exact) mass is 347 g/mol. The van der Waals surface area contributed by atoms with Gasteiger partial charge in [-0.3, -0.25) is 9.59 Å². The minimum atomic E-state index is -0.0847. The van der Waals surface area contributed by atoms with Gasteiger partial charge in [-0.05, 0) is 25.8 Å². The summed E-state index contributed by atoms with van der Waals surface area (Å²) in [5.41, 5.74) is 0.475. The number of piperidine rings is 1. The van der Waals surface area contributed by atoms with Crippen LogP contribution in [-0.2, 0) is 4.79 Å². The van der Waals surface area contributed by atoms with Crippen molar-refractivity contribution < 1.29 is 19.1 Å². The highest BCUT2D eigenvalue weighted by Crippen LogP contribution is 2.41. The fraction of sp³-hybridized carbons (Fsp3) is 0.611. The number of rotatable bonds is 4. The van der Waals surface area contributed by atoms with Crippen LogP contribution in [0.2, 0.25) is 0 Å². The van der Waals surface area contributed by atoms with Gasteiger partial charge in [0.15, 0.2) is 0 Å². The molecule has 0 bridgehead atoms. The lowest BCUT2D eigenvalue weighted by atomic mass is 9.77. The van der Waals surface area contributed by atoms with Gasteiger partial charge in [0.1, 0.15) is 5.56 Å². The van der Waals surface area contributed by atoms with Gasteiger partial charge < -0.3 is 19.3 Å². The third-order valence-corrected chi connectivity index (χ3v) is 5.37. The molecule has 0 saturated carbocycles. The average Bonchev–Trinajstić information content (AvgIpc) is 2.96. The highest BCUT2D eigenvalue weighted by Gasteiger charge is 2.45. The first-order chi connectivity index (χ1) is 12.0.